The molecule has 1 aliphatic heterocycles. The molecule has 2 amide bonds. The van der Waals surface area contributed by atoms with Crippen LogP contribution in [-0.2, 0) is 14.4 Å². The third-order valence-electron chi connectivity index (χ3n) is 4.24. The number of methoxy groups -OCH3 is 1. The lowest BCUT2D eigenvalue weighted by Crippen LogP contribution is -2.41. The highest BCUT2D eigenvalue weighted by molar-refractivity contribution is 6.31. The molecule has 1 atom stereocenters. The van der Waals surface area contributed by atoms with Crippen molar-refractivity contribution in [1.29, 1.82) is 0 Å². The van der Waals surface area contributed by atoms with Gasteiger partial charge in [-0.1, -0.05) is 47.1 Å². The van der Waals surface area contributed by atoms with E-state index < -0.39 is 6.10 Å². The highest BCUT2D eigenvalue weighted by atomic mass is 35.5. The van der Waals surface area contributed by atoms with Gasteiger partial charge in [0.15, 0.2) is 0 Å². The van der Waals surface area contributed by atoms with Crippen molar-refractivity contribution in [3.05, 3.63) is 59.1 Å². The van der Waals surface area contributed by atoms with E-state index in [1.54, 1.807) is 25.2 Å². The molecule has 0 saturated carbocycles. The van der Waals surface area contributed by atoms with Crippen LogP contribution in [0.3, 0.4) is 0 Å². The predicted molar refractivity (Wildman–Crippen MR) is 107 cm³/mol. The maximum Gasteiger partial charge on any atom is 0.267 e. The van der Waals surface area contributed by atoms with Gasteiger partial charge in [0.05, 0.1) is 25.1 Å². The van der Waals surface area contributed by atoms with E-state index in [4.69, 9.17) is 21.2 Å². The van der Waals surface area contributed by atoms with Gasteiger partial charge in [-0.15, -0.1) is 0 Å². The molecule has 0 saturated heterocycles. The molecular formula is C20H20ClN3O4. The Morgan fingerprint density at radius 1 is 1.29 bits per heavy atom. The van der Waals surface area contributed by atoms with Gasteiger partial charge in [-0.05, 0) is 23.8 Å². The highest BCUT2D eigenvalue weighted by Crippen LogP contribution is 2.27. The second-order valence-corrected chi connectivity index (χ2v) is 6.73. The molecule has 1 unspecified atom stereocenters. The summed E-state index contributed by atoms with van der Waals surface area (Å²) in [5.74, 6) is -0.215. The van der Waals surface area contributed by atoms with Crippen molar-refractivity contribution < 1.29 is 19.2 Å². The van der Waals surface area contributed by atoms with E-state index in [2.05, 4.69) is 10.5 Å². The summed E-state index contributed by atoms with van der Waals surface area (Å²) in [5.41, 5.74) is 2.05. The second-order valence-electron chi connectivity index (χ2n) is 6.29. The Morgan fingerprint density at radius 2 is 2.04 bits per heavy atom. The van der Waals surface area contributed by atoms with Crippen LogP contribution in [0.1, 0.15) is 12.0 Å². The predicted octanol–water partition coefficient (Wildman–Crippen LogP) is 2.94. The molecule has 0 bridgehead atoms. The number of nitrogens with one attached hydrogen (secondary N) is 1. The van der Waals surface area contributed by atoms with E-state index in [0.717, 1.165) is 5.56 Å². The van der Waals surface area contributed by atoms with E-state index >= 15 is 0 Å². The Morgan fingerprint density at radius 3 is 2.75 bits per heavy atom. The fourth-order valence-corrected chi connectivity index (χ4v) is 2.99. The summed E-state index contributed by atoms with van der Waals surface area (Å²) in [6.07, 6.45) is -0.384. The minimum atomic E-state index is -0.742. The zero-order chi connectivity index (χ0) is 20.1. The van der Waals surface area contributed by atoms with Gasteiger partial charge in [-0.2, -0.15) is 0 Å². The number of halogens is 1. The normalized spacial score (nSPS) is 15.4. The van der Waals surface area contributed by atoms with Crippen LogP contribution in [0, 0.1) is 0 Å². The summed E-state index contributed by atoms with van der Waals surface area (Å²) in [5, 5.41) is 7.17. The lowest BCUT2D eigenvalue weighted by molar-refractivity contribution is -0.142. The highest BCUT2D eigenvalue weighted by Gasteiger charge is 2.31. The molecule has 146 valence electrons. The molecule has 3 rings (SSSR count). The zero-order valence-electron chi connectivity index (χ0n) is 15.5. The van der Waals surface area contributed by atoms with Crippen molar-refractivity contribution in [3.8, 4) is 5.75 Å². The molecule has 1 N–H and O–H groups in total. The number of nitrogens with zero attached hydrogens (tertiary/aromatic N) is 2. The van der Waals surface area contributed by atoms with E-state index in [-0.39, 0.29) is 18.4 Å². The van der Waals surface area contributed by atoms with Gasteiger partial charge < -0.3 is 19.8 Å². The Hall–Kier alpha value is -3.06. The van der Waals surface area contributed by atoms with Gasteiger partial charge >= 0.3 is 0 Å². The van der Waals surface area contributed by atoms with E-state index in [0.29, 0.717) is 28.6 Å². The van der Waals surface area contributed by atoms with Crippen molar-refractivity contribution in [3.63, 3.8) is 0 Å². The zero-order valence-corrected chi connectivity index (χ0v) is 16.3. The number of hydrogen-bond acceptors (Lipinski definition) is 5. The van der Waals surface area contributed by atoms with Gasteiger partial charge in [0, 0.05) is 18.5 Å². The first-order chi connectivity index (χ1) is 13.5. The van der Waals surface area contributed by atoms with Crippen molar-refractivity contribution in [2.24, 2.45) is 5.16 Å². The molecule has 28 heavy (non-hydrogen) atoms. The smallest absolute Gasteiger partial charge is 0.267 e. The molecular weight excluding hydrogens is 382 g/mol. The van der Waals surface area contributed by atoms with Crippen LogP contribution in [-0.4, -0.2) is 49.2 Å². The number of hydrogen-bond donors (Lipinski definition) is 1. The first-order valence-electron chi connectivity index (χ1n) is 8.64. The van der Waals surface area contributed by atoms with Crippen molar-refractivity contribution in [2.45, 2.75) is 12.5 Å². The molecule has 2 aromatic carbocycles. The fraction of sp³-hybridized carbons (Fsp3) is 0.250. The third-order valence-corrected chi connectivity index (χ3v) is 4.48. The van der Waals surface area contributed by atoms with Gasteiger partial charge in [0.1, 0.15) is 5.75 Å². The number of carbonyl (C=O) groups excluding carboxylic acids is 2. The van der Waals surface area contributed by atoms with Gasteiger partial charge in [0.2, 0.25) is 12.0 Å². The average molecular weight is 402 g/mol. The van der Waals surface area contributed by atoms with E-state index in [9.17, 15) is 9.59 Å². The number of anilines is 1. The number of ether oxygens (including phenoxy) is 1. The van der Waals surface area contributed by atoms with Gasteiger partial charge in [-0.3, -0.25) is 9.59 Å². The molecule has 8 heteroatoms. The maximum absolute atomic E-state index is 12.6. The molecule has 0 fully saturated rings. The Labute approximate surface area is 167 Å². The summed E-state index contributed by atoms with van der Waals surface area (Å²) in [6, 6.07) is 14.4. The molecule has 0 spiro atoms. The molecule has 0 aliphatic carbocycles. The number of carbonyl (C=O) groups is 2. The minimum Gasteiger partial charge on any atom is -0.495 e. The summed E-state index contributed by atoms with van der Waals surface area (Å²) in [4.78, 5) is 31.5. The third kappa shape index (κ3) is 4.61. The van der Waals surface area contributed by atoms with E-state index in [1.165, 1.54) is 12.0 Å². The van der Waals surface area contributed by atoms with Crippen LogP contribution in [0.25, 0.3) is 0 Å². The Kier molecular flexibility index (Phi) is 6.16. The van der Waals surface area contributed by atoms with E-state index in [1.807, 2.05) is 30.3 Å². The average Bonchev–Trinajstić information content (AvgIpc) is 3.18. The Balaban J connectivity index is 1.56. The summed E-state index contributed by atoms with van der Waals surface area (Å²) in [6.45, 7) is -0.144. The summed E-state index contributed by atoms with van der Waals surface area (Å²) >= 11 is 5.96. The Bertz CT molecular complexity index is 902. The van der Waals surface area contributed by atoms with Gasteiger partial charge in [-0.25, -0.2) is 0 Å². The monoisotopic (exact) mass is 401 g/mol. The number of benzene rings is 2. The van der Waals surface area contributed by atoms with Crippen molar-refractivity contribution in [2.75, 3.05) is 26.0 Å². The van der Waals surface area contributed by atoms with Crippen LogP contribution in [0.2, 0.25) is 5.02 Å². The van der Waals surface area contributed by atoms with Crippen LogP contribution < -0.4 is 10.1 Å². The van der Waals surface area contributed by atoms with Crippen LogP contribution in [0.5, 0.6) is 5.75 Å². The number of amides is 2. The van der Waals surface area contributed by atoms with Crippen molar-refractivity contribution >= 4 is 34.8 Å². The quantitative estimate of drug-likeness (QED) is 0.807. The summed E-state index contributed by atoms with van der Waals surface area (Å²) < 4.78 is 5.20. The first-order valence-corrected chi connectivity index (χ1v) is 9.02. The second kappa shape index (κ2) is 8.75. The van der Waals surface area contributed by atoms with Crippen LogP contribution in [0.15, 0.2) is 53.7 Å². The van der Waals surface area contributed by atoms with Crippen molar-refractivity contribution in [1.82, 2.24) is 4.90 Å². The number of rotatable bonds is 6. The maximum atomic E-state index is 12.6. The lowest BCUT2D eigenvalue weighted by Gasteiger charge is -2.19. The fourth-order valence-electron chi connectivity index (χ4n) is 2.82. The molecule has 1 aliphatic rings. The molecule has 1 heterocycles. The van der Waals surface area contributed by atoms with Gasteiger partial charge in [0.25, 0.3) is 5.91 Å². The lowest BCUT2D eigenvalue weighted by atomic mass is 10.0. The number of oxime groups is 1. The minimum absolute atomic E-state index is 0.144. The summed E-state index contributed by atoms with van der Waals surface area (Å²) in [7, 11) is 3.04. The first kappa shape index (κ1) is 19.7. The molecule has 2 aromatic rings. The molecule has 7 nitrogen and oxygen atoms in total. The molecule has 0 radical (unpaired) electrons. The van der Waals surface area contributed by atoms with Crippen LogP contribution >= 0.6 is 11.6 Å². The SMILES string of the molecule is COc1ccc(Cl)cc1NC(=O)CN(C)C(=O)C1CC(c2ccccc2)=NO1. The molecule has 0 aromatic heterocycles. The number of likely N-dealkylation sites (N-methyl/N-ethyl adjacent to an activating group) is 1. The largest absolute Gasteiger partial charge is 0.495 e. The topological polar surface area (TPSA) is 80.2 Å². The van der Waals surface area contributed by atoms with Crippen LogP contribution in [0.4, 0.5) is 5.69 Å². The standard InChI is InChI=1S/C20H20ClN3O4/c1-24(12-19(25)22-16-10-14(21)8-9-17(16)27-2)20(26)18-11-15(23-28-18)13-6-4-3-5-7-13/h3-10,18H,11-12H2,1-2H3,(H,22,25).